The van der Waals surface area contributed by atoms with Gasteiger partial charge in [-0.3, -0.25) is 9.69 Å². The van der Waals surface area contributed by atoms with Crippen LogP contribution in [0.5, 0.6) is 11.5 Å². The van der Waals surface area contributed by atoms with Crippen LogP contribution in [0, 0.1) is 5.41 Å². The van der Waals surface area contributed by atoms with E-state index in [2.05, 4.69) is 11.5 Å². The standard InChI is InChI=1S/C20H27NO4/c1-3-10-20(19(22)23-4-2)11-7-12-21(15-20)13-16-14-24-17-8-5-6-9-18(17)25-16/h3,5-6,8-9,16H,1,4,7,10-15H2,2H3. The predicted molar refractivity (Wildman–Crippen MR) is 95.9 cm³/mol. The Hall–Kier alpha value is -2.01. The Bertz CT molecular complexity index is 617. The zero-order chi connectivity index (χ0) is 17.7. The summed E-state index contributed by atoms with van der Waals surface area (Å²) < 4.78 is 17.2. The SMILES string of the molecule is C=CCC1(C(=O)OCC)CCCN(CC2COc3ccccc3O2)C1. The minimum Gasteiger partial charge on any atom is -0.486 e. The number of carbonyl (C=O) groups excluding carboxylic acids is 1. The second-order valence-corrected chi connectivity index (χ2v) is 6.83. The molecule has 25 heavy (non-hydrogen) atoms. The molecular formula is C20H27NO4. The van der Waals surface area contributed by atoms with Gasteiger partial charge in [0.1, 0.15) is 12.7 Å². The molecule has 0 saturated carbocycles. The highest BCUT2D eigenvalue weighted by Crippen LogP contribution is 2.36. The van der Waals surface area contributed by atoms with Gasteiger partial charge in [-0.1, -0.05) is 18.2 Å². The molecule has 1 saturated heterocycles. The summed E-state index contributed by atoms with van der Waals surface area (Å²) in [5.74, 6) is 1.48. The number of hydrogen-bond acceptors (Lipinski definition) is 5. The third kappa shape index (κ3) is 3.98. The van der Waals surface area contributed by atoms with E-state index in [0.717, 1.165) is 37.4 Å². The molecule has 0 aromatic heterocycles. The number of rotatable bonds is 6. The van der Waals surface area contributed by atoms with Crippen molar-refractivity contribution in [2.75, 3.05) is 32.8 Å². The molecule has 3 rings (SSSR count). The normalized spacial score (nSPS) is 26.0. The maximum atomic E-state index is 12.6. The van der Waals surface area contributed by atoms with Crippen LogP contribution in [0.3, 0.4) is 0 Å². The van der Waals surface area contributed by atoms with E-state index in [0.29, 0.717) is 26.2 Å². The molecule has 0 bridgehead atoms. The van der Waals surface area contributed by atoms with Crippen LogP contribution >= 0.6 is 0 Å². The fraction of sp³-hybridized carbons (Fsp3) is 0.550. The van der Waals surface area contributed by atoms with Gasteiger partial charge in [0.15, 0.2) is 11.5 Å². The average Bonchev–Trinajstić information content (AvgIpc) is 2.62. The van der Waals surface area contributed by atoms with Crippen LogP contribution in [0.25, 0.3) is 0 Å². The van der Waals surface area contributed by atoms with E-state index in [1.807, 2.05) is 37.3 Å². The van der Waals surface area contributed by atoms with Gasteiger partial charge in [-0.15, -0.1) is 6.58 Å². The molecule has 0 radical (unpaired) electrons. The predicted octanol–water partition coefficient (Wildman–Crippen LogP) is 3.05. The summed E-state index contributed by atoms with van der Waals surface area (Å²) >= 11 is 0. The van der Waals surface area contributed by atoms with Crippen molar-refractivity contribution in [3.05, 3.63) is 36.9 Å². The topological polar surface area (TPSA) is 48.0 Å². The lowest BCUT2D eigenvalue weighted by Gasteiger charge is -2.42. The summed E-state index contributed by atoms with van der Waals surface area (Å²) in [7, 11) is 0. The largest absolute Gasteiger partial charge is 0.486 e. The van der Waals surface area contributed by atoms with Crippen molar-refractivity contribution in [3.63, 3.8) is 0 Å². The molecule has 0 N–H and O–H groups in total. The van der Waals surface area contributed by atoms with Crippen molar-refractivity contribution in [1.29, 1.82) is 0 Å². The number of para-hydroxylation sites is 2. The molecular weight excluding hydrogens is 318 g/mol. The number of esters is 1. The van der Waals surface area contributed by atoms with Crippen LogP contribution in [0.15, 0.2) is 36.9 Å². The molecule has 2 atom stereocenters. The molecule has 5 nitrogen and oxygen atoms in total. The first-order valence-corrected chi connectivity index (χ1v) is 9.06. The maximum absolute atomic E-state index is 12.6. The number of nitrogens with zero attached hydrogens (tertiary/aromatic N) is 1. The van der Waals surface area contributed by atoms with E-state index < -0.39 is 5.41 Å². The Labute approximate surface area is 149 Å². The van der Waals surface area contributed by atoms with Crippen LogP contribution < -0.4 is 9.47 Å². The fourth-order valence-corrected chi connectivity index (χ4v) is 3.80. The Morgan fingerprint density at radius 3 is 3.00 bits per heavy atom. The van der Waals surface area contributed by atoms with E-state index in [1.165, 1.54) is 0 Å². The molecule has 2 heterocycles. The molecule has 0 aliphatic carbocycles. The highest BCUT2D eigenvalue weighted by atomic mass is 16.6. The summed E-state index contributed by atoms with van der Waals surface area (Å²) in [5.41, 5.74) is -0.483. The number of carbonyl (C=O) groups is 1. The second kappa shape index (κ2) is 7.91. The van der Waals surface area contributed by atoms with E-state index in [-0.39, 0.29) is 12.1 Å². The van der Waals surface area contributed by atoms with Gasteiger partial charge in [0.25, 0.3) is 0 Å². The molecule has 5 heteroatoms. The number of hydrogen-bond donors (Lipinski definition) is 0. The highest BCUT2D eigenvalue weighted by molar-refractivity contribution is 5.77. The zero-order valence-corrected chi connectivity index (χ0v) is 14.9. The van der Waals surface area contributed by atoms with Crippen LogP contribution in [0.4, 0.5) is 0 Å². The first-order valence-electron chi connectivity index (χ1n) is 9.06. The molecule has 0 spiro atoms. The fourth-order valence-electron chi connectivity index (χ4n) is 3.80. The van der Waals surface area contributed by atoms with Gasteiger partial charge in [0.2, 0.25) is 0 Å². The third-order valence-corrected chi connectivity index (χ3v) is 4.93. The van der Waals surface area contributed by atoms with E-state index >= 15 is 0 Å². The lowest BCUT2D eigenvalue weighted by Crippen LogP contribution is -2.51. The lowest BCUT2D eigenvalue weighted by atomic mass is 9.77. The summed E-state index contributed by atoms with van der Waals surface area (Å²) in [5, 5.41) is 0. The van der Waals surface area contributed by atoms with Crippen LogP contribution in [-0.2, 0) is 9.53 Å². The smallest absolute Gasteiger partial charge is 0.313 e. The molecule has 2 aliphatic heterocycles. The minimum absolute atomic E-state index is 0.0309. The van der Waals surface area contributed by atoms with Gasteiger partial charge in [0, 0.05) is 13.1 Å². The zero-order valence-electron chi connectivity index (χ0n) is 14.9. The van der Waals surface area contributed by atoms with Crippen molar-refractivity contribution < 1.29 is 19.0 Å². The Morgan fingerprint density at radius 1 is 1.44 bits per heavy atom. The number of piperidine rings is 1. The quantitative estimate of drug-likeness (QED) is 0.586. The van der Waals surface area contributed by atoms with E-state index in [1.54, 1.807) is 0 Å². The summed E-state index contributed by atoms with van der Waals surface area (Å²) in [4.78, 5) is 14.9. The number of allylic oxidation sites excluding steroid dienone is 1. The van der Waals surface area contributed by atoms with Crippen molar-refractivity contribution >= 4 is 5.97 Å². The molecule has 1 fully saturated rings. The molecule has 1 aromatic carbocycles. The number of benzene rings is 1. The van der Waals surface area contributed by atoms with Crippen LogP contribution in [0.2, 0.25) is 0 Å². The number of fused-ring (bicyclic) bond motifs is 1. The third-order valence-electron chi connectivity index (χ3n) is 4.93. The molecule has 136 valence electrons. The van der Waals surface area contributed by atoms with Crippen molar-refractivity contribution in [2.24, 2.45) is 5.41 Å². The number of ether oxygens (including phenoxy) is 3. The first kappa shape index (κ1) is 17.8. The summed E-state index contributed by atoms with van der Waals surface area (Å²) in [6.45, 7) is 9.01. The monoisotopic (exact) mass is 345 g/mol. The van der Waals surface area contributed by atoms with Gasteiger partial charge >= 0.3 is 5.97 Å². The lowest BCUT2D eigenvalue weighted by molar-refractivity contribution is -0.159. The molecule has 2 aliphatic rings. The van der Waals surface area contributed by atoms with Crippen molar-refractivity contribution in [1.82, 2.24) is 4.90 Å². The minimum atomic E-state index is -0.483. The van der Waals surface area contributed by atoms with Gasteiger partial charge in [-0.25, -0.2) is 0 Å². The molecule has 0 amide bonds. The summed E-state index contributed by atoms with van der Waals surface area (Å²) in [6, 6.07) is 7.73. The molecule has 2 unspecified atom stereocenters. The van der Waals surface area contributed by atoms with Gasteiger partial charge in [-0.2, -0.15) is 0 Å². The second-order valence-electron chi connectivity index (χ2n) is 6.83. The summed E-state index contributed by atoms with van der Waals surface area (Å²) in [6.07, 6.45) is 4.26. The van der Waals surface area contributed by atoms with E-state index in [4.69, 9.17) is 14.2 Å². The number of likely N-dealkylation sites (tertiary alicyclic amines) is 1. The Balaban J connectivity index is 1.65. The van der Waals surface area contributed by atoms with Crippen LogP contribution in [0.1, 0.15) is 26.2 Å². The van der Waals surface area contributed by atoms with Crippen molar-refractivity contribution in [3.8, 4) is 11.5 Å². The van der Waals surface area contributed by atoms with Crippen LogP contribution in [-0.4, -0.2) is 49.8 Å². The Morgan fingerprint density at radius 2 is 2.24 bits per heavy atom. The maximum Gasteiger partial charge on any atom is 0.313 e. The van der Waals surface area contributed by atoms with Crippen molar-refractivity contribution in [2.45, 2.75) is 32.3 Å². The first-order chi connectivity index (χ1) is 12.2. The van der Waals surface area contributed by atoms with E-state index in [9.17, 15) is 4.79 Å². The molecule has 1 aromatic rings. The average molecular weight is 345 g/mol. The van der Waals surface area contributed by atoms with Gasteiger partial charge in [-0.05, 0) is 44.9 Å². The van der Waals surface area contributed by atoms with Gasteiger partial charge in [0.05, 0.1) is 12.0 Å². The van der Waals surface area contributed by atoms with Gasteiger partial charge < -0.3 is 14.2 Å². The Kier molecular flexibility index (Phi) is 5.63. The highest BCUT2D eigenvalue weighted by Gasteiger charge is 2.43.